The maximum atomic E-state index is 5.13. The molecular formula is C11H7IrN4O-. The molecule has 6 heteroatoms. The van der Waals surface area contributed by atoms with E-state index >= 15 is 0 Å². The van der Waals surface area contributed by atoms with Crippen molar-refractivity contribution in [2.45, 2.75) is 0 Å². The first-order valence-corrected chi connectivity index (χ1v) is 4.72. The minimum Gasteiger partial charge on any atom is -0.411 e. The molecule has 0 saturated heterocycles. The van der Waals surface area contributed by atoms with E-state index < -0.39 is 0 Å². The van der Waals surface area contributed by atoms with E-state index in [9.17, 15) is 0 Å². The first-order chi connectivity index (χ1) is 7.95. The summed E-state index contributed by atoms with van der Waals surface area (Å²) in [5.74, 6) is 0.727. The number of rotatable bonds is 2. The van der Waals surface area contributed by atoms with Gasteiger partial charge in [0, 0.05) is 32.5 Å². The average Bonchev–Trinajstić information content (AvgIpc) is 3.01. The molecule has 2 heterocycles. The van der Waals surface area contributed by atoms with Gasteiger partial charge in [-0.1, -0.05) is 5.10 Å². The molecular weight excluding hydrogens is 396 g/mol. The molecule has 0 aliphatic carbocycles. The summed E-state index contributed by atoms with van der Waals surface area (Å²) < 4.78 is 6.85. The third-order valence-electron chi connectivity index (χ3n) is 2.15. The predicted octanol–water partition coefficient (Wildman–Crippen LogP) is 1.72. The monoisotopic (exact) mass is 404 g/mol. The van der Waals surface area contributed by atoms with E-state index in [1.165, 1.54) is 6.39 Å². The molecule has 0 aliphatic rings. The second kappa shape index (κ2) is 5.03. The van der Waals surface area contributed by atoms with Crippen molar-refractivity contribution >= 4 is 0 Å². The Morgan fingerprint density at radius 3 is 2.94 bits per heavy atom. The van der Waals surface area contributed by atoms with Gasteiger partial charge in [0.25, 0.3) is 0 Å². The van der Waals surface area contributed by atoms with Crippen LogP contribution in [0.4, 0.5) is 0 Å². The summed E-state index contributed by atoms with van der Waals surface area (Å²) in [5.41, 5.74) is 0.880. The number of imidazole rings is 1. The number of aromatic nitrogens is 4. The number of benzene rings is 1. The Morgan fingerprint density at radius 2 is 2.24 bits per heavy atom. The fourth-order valence-electron chi connectivity index (χ4n) is 1.46. The molecule has 0 unspecified atom stereocenters. The molecule has 0 fully saturated rings. The molecule has 0 N–H and O–H groups in total. The van der Waals surface area contributed by atoms with Crippen molar-refractivity contribution in [3.63, 3.8) is 0 Å². The summed E-state index contributed by atoms with van der Waals surface area (Å²) in [7, 11) is 0. The fourth-order valence-corrected chi connectivity index (χ4v) is 1.46. The van der Waals surface area contributed by atoms with Crippen LogP contribution in [0.25, 0.3) is 17.4 Å². The molecule has 2 aromatic heterocycles. The van der Waals surface area contributed by atoms with Gasteiger partial charge in [0.05, 0.1) is 5.82 Å². The Kier molecular flexibility index (Phi) is 3.46. The van der Waals surface area contributed by atoms with Crippen LogP contribution in [0.5, 0.6) is 0 Å². The molecule has 0 amide bonds. The standard InChI is InChI=1S/C11H7N4O.Ir/c1-2-4-9(5-3-1)10-12-6-7-15(10)11-14-13-8-16-11;/h1-4,6-8H;/q-1;. The van der Waals surface area contributed by atoms with Crippen molar-refractivity contribution in [3.05, 3.63) is 49.1 Å². The van der Waals surface area contributed by atoms with Gasteiger partial charge < -0.3 is 4.42 Å². The minimum atomic E-state index is 0. The molecule has 3 rings (SSSR count). The number of hydrogen-bond acceptors (Lipinski definition) is 4. The van der Waals surface area contributed by atoms with E-state index in [4.69, 9.17) is 4.42 Å². The van der Waals surface area contributed by atoms with E-state index in [0.717, 1.165) is 11.4 Å². The van der Waals surface area contributed by atoms with E-state index in [2.05, 4.69) is 21.2 Å². The van der Waals surface area contributed by atoms with Crippen molar-refractivity contribution in [1.29, 1.82) is 0 Å². The Balaban J connectivity index is 0.00000108. The van der Waals surface area contributed by atoms with Gasteiger partial charge in [-0.15, -0.1) is 41.0 Å². The normalized spacial score (nSPS) is 9.88. The minimum absolute atomic E-state index is 0. The van der Waals surface area contributed by atoms with Crippen molar-refractivity contribution in [1.82, 2.24) is 19.7 Å². The molecule has 87 valence electrons. The number of hydrogen-bond donors (Lipinski definition) is 0. The van der Waals surface area contributed by atoms with Gasteiger partial charge >= 0.3 is 6.01 Å². The van der Waals surface area contributed by atoms with Crippen LogP contribution in [-0.4, -0.2) is 19.7 Å². The van der Waals surface area contributed by atoms with Crippen molar-refractivity contribution in [3.8, 4) is 17.4 Å². The average molecular weight is 403 g/mol. The zero-order valence-electron chi connectivity index (χ0n) is 8.57. The van der Waals surface area contributed by atoms with Gasteiger partial charge in [-0.3, -0.25) is 9.55 Å². The molecule has 0 spiro atoms. The Bertz CT molecular complexity index is 577. The van der Waals surface area contributed by atoms with Crippen molar-refractivity contribution in [2.75, 3.05) is 0 Å². The zero-order chi connectivity index (χ0) is 10.8. The molecule has 0 bridgehead atoms. The molecule has 1 aromatic carbocycles. The smallest absolute Gasteiger partial charge is 0.319 e. The Morgan fingerprint density at radius 1 is 1.29 bits per heavy atom. The maximum Gasteiger partial charge on any atom is 0.319 e. The van der Waals surface area contributed by atoms with Crippen LogP contribution in [0.2, 0.25) is 0 Å². The fraction of sp³-hybridized carbons (Fsp3) is 0. The Hall–Kier alpha value is -1.78. The molecule has 5 nitrogen and oxygen atoms in total. The van der Waals surface area contributed by atoms with Gasteiger partial charge in [0.2, 0.25) is 6.39 Å². The van der Waals surface area contributed by atoms with Crippen LogP contribution in [0, 0.1) is 6.07 Å². The predicted molar refractivity (Wildman–Crippen MR) is 55.7 cm³/mol. The van der Waals surface area contributed by atoms with Crippen molar-refractivity contribution < 1.29 is 24.5 Å². The van der Waals surface area contributed by atoms with Gasteiger partial charge in [-0.05, 0) is 0 Å². The van der Waals surface area contributed by atoms with Crippen LogP contribution in [-0.2, 0) is 20.1 Å². The molecule has 0 saturated carbocycles. The van der Waals surface area contributed by atoms with E-state index in [0.29, 0.717) is 6.01 Å². The molecule has 17 heavy (non-hydrogen) atoms. The first kappa shape index (κ1) is 11.7. The van der Waals surface area contributed by atoms with Gasteiger partial charge in [0.1, 0.15) is 0 Å². The van der Waals surface area contributed by atoms with Gasteiger partial charge in [-0.2, -0.15) is 0 Å². The Labute approximate surface area is 111 Å². The van der Waals surface area contributed by atoms with E-state index in [1.807, 2.05) is 24.3 Å². The summed E-state index contributed by atoms with van der Waals surface area (Å²) in [5, 5.41) is 7.47. The SMILES string of the molecule is [Ir].[c-]1ccccc1-c1nccn1-c1nnco1. The van der Waals surface area contributed by atoms with Crippen LogP contribution in [0.1, 0.15) is 0 Å². The van der Waals surface area contributed by atoms with Crippen LogP contribution in [0.3, 0.4) is 0 Å². The van der Waals surface area contributed by atoms with Gasteiger partial charge in [0.15, 0.2) is 0 Å². The molecule has 1 radical (unpaired) electrons. The maximum absolute atomic E-state index is 5.13. The van der Waals surface area contributed by atoms with Crippen LogP contribution < -0.4 is 0 Å². The van der Waals surface area contributed by atoms with Crippen LogP contribution in [0.15, 0.2) is 47.5 Å². The third kappa shape index (κ3) is 2.18. The topological polar surface area (TPSA) is 56.7 Å². The van der Waals surface area contributed by atoms with Crippen LogP contribution >= 0.6 is 0 Å². The summed E-state index contributed by atoms with van der Waals surface area (Å²) in [6, 6.07) is 11.1. The summed E-state index contributed by atoms with van der Waals surface area (Å²) in [4.78, 5) is 4.25. The summed E-state index contributed by atoms with van der Waals surface area (Å²) in [6.07, 6.45) is 4.73. The largest absolute Gasteiger partial charge is 0.411 e. The van der Waals surface area contributed by atoms with Gasteiger partial charge in [-0.25, -0.2) is 0 Å². The first-order valence-electron chi connectivity index (χ1n) is 4.72. The second-order valence-electron chi connectivity index (χ2n) is 3.12. The molecule has 0 aliphatic heterocycles. The van der Waals surface area contributed by atoms with E-state index in [1.54, 1.807) is 17.0 Å². The second-order valence-corrected chi connectivity index (χ2v) is 3.12. The van der Waals surface area contributed by atoms with Crippen molar-refractivity contribution in [2.24, 2.45) is 0 Å². The number of nitrogens with zero attached hydrogens (tertiary/aromatic N) is 4. The van der Waals surface area contributed by atoms with E-state index in [-0.39, 0.29) is 20.1 Å². The molecule has 3 aromatic rings. The summed E-state index contributed by atoms with van der Waals surface area (Å²) in [6.45, 7) is 0. The molecule has 0 atom stereocenters. The quantitative estimate of drug-likeness (QED) is 0.612. The summed E-state index contributed by atoms with van der Waals surface area (Å²) >= 11 is 0. The zero-order valence-corrected chi connectivity index (χ0v) is 11.0. The third-order valence-corrected chi connectivity index (χ3v) is 2.15.